The molecule has 0 radical (unpaired) electrons. The summed E-state index contributed by atoms with van der Waals surface area (Å²) in [6.07, 6.45) is 4.94. The van der Waals surface area contributed by atoms with E-state index in [9.17, 15) is 13.2 Å². The van der Waals surface area contributed by atoms with Crippen molar-refractivity contribution >= 4 is 28.3 Å². The van der Waals surface area contributed by atoms with Gasteiger partial charge >= 0.3 is 0 Å². The number of rotatable bonds is 6. The average molecular weight is 402 g/mol. The summed E-state index contributed by atoms with van der Waals surface area (Å²) in [4.78, 5) is 14.6. The molecule has 2 aliphatic rings. The molecular formula is C18H28ClN3O3S. The largest absolute Gasteiger partial charge is 0.338 e. The smallest absolute Gasteiger partial charge is 0.243 e. The Morgan fingerprint density at radius 3 is 2.35 bits per heavy atom. The second kappa shape index (κ2) is 9.17. The van der Waals surface area contributed by atoms with Crippen molar-refractivity contribution in [2.45, 2.75) is 49.5 Å². The summed E-state index contributed by atoms with van der Waals surface area (Å²) >= 11 is 0. The highest BCUT2D eigenvalue weighted by molar-refractivity contribution is 7.89. The molecule has 0 spiro atoms. The summed E-state index contributed by atoms with van der Waals surface area (Å²) in [5.74, 6) is 0.140. The SMILES string of the molecule is Cl.NCC1CCCN1C(=O)CCc1ccc(S(=O)(=O)N2CCCC2)cc1. The Morgan fingerprint density at radius 1 is 1.08 bits per heavy atom. The molecule has 1 atom stereocenters. The second-order valence-electron chi connectivity index (χ2n) is 6.87. The van der Waals surface area contributed by atoms with Crippen LogP contribution in [-0.4, -0.2) is 55.8 Å². The summed E-state index contributed by atoms with van der Waals surface area (Å²) in [5, 5.41) is 0. The van der Waals surface area contributed by atoms with E-state index in [0.29, 0.717) is 37.4 Å². The van der Waals surface area contributed by atoms with Crippen molar-refractivity contribution in [1.82, 2.24) is 9.21 Å². The molecule has 146 valence electrons. The third-order valence-corrected chi connectivity index (χ3v) is 7.14. The fourth-order valence-electron chi connectivity index (χ4n) is 3.71. The lowest BCUT2D eigenvalue weighted by atomic mass is 10.1. The maximum Gasteiger partial charge on any atom is 0.243 e. The third kappa shape index (κ3) is 4.57. The number of hydrogen-bond acceptors (Lipinski definition) is 4. The van der Waals surface area contributed by atoms with E-state index in [4.69, 9.17) is 5.73 Å². The number of carbonyl (C=O) groups is 1. The lowest BCUT2D eigenvalue weighted by molar-refractivity contribution is -0.131. The number of benzene rings is 1. The van der Waals surface area contributed by atoms with E-state index in [0.717, 1.165) is 37.8 Å². The molecule has 2 saturated heterocycles. The maximum absolute atomic E-state index is 12.5. The molecule has 2 fully saturated rings. The zero-order valence-corrected chi connectivity index (χ0v) is 16.6. The van der Waals surface area contributed by atoms with E-state index in [-0.39, 0.29) is 24.4 Å². The van der Waals surface area contributed by atoms with Crippen LogP contribution in [0.5, 0.6) is 0 Å². The van der Waals surface area contributed by atoms with Gasteiger partial charge in [-0.25, -0.2) is 8.42 Å². The maximum atomic E-state index is 12.5. The van der Waals surface area contributed by atoms with Crippen LogP contribution in [0.2, 0.25) is 0 Å². The molecule has 1 aromatic rings. The van der Waals surface area contributed by atoms with Gasteiger partial charge in [-0.05, 0) is 49.8 Å². The van der Waals surface area contributed by atoms with Gasteiger partial charge in [-0.1, -0.05) is 12.1 Å². The van der Waals surface area contributed by atoms with Crippen LogP contribution < -0.4 is 5.73 Å². The van der Waals surface area contributed by atoms with E-state index in [2.05, 4.69) is 0 Å². The minimum Gasteiger partial charge on any atom is -0.338 e. The van der Waals surface area contributed by atoms with E-state index >= 15 is 0 Å². The van der Waals surface area contributed by atoms with Gasteiger partial charge in [0.25, 0.3) is 0 Å². The Morgan fingerprint density at radius 2 is 1.73 bits per heavy atom. The van der Waals surface area contributed by atoms with Crippen molar-refractivity contribution in [2.24, 2.45) is 5.73 Å². The number of nitrogens with zero attached hydrogens (tertiary/aromatic N) is 2. The Labute approximate surface area is 162 Å². The highest BCUT2D eigenvalue weighted by Crippen LogP contribution is 2.22. The van der Waals surface area contributed by atoms with Gasteiger partial charge in [-0.3, -0.25) is 4.79 Å². The van der Waals surface area contributed by atoms with Gasteiger partial charge in [0.05, 0.1) is 4.90 Å². The van der Waals surface area contributed by atoms with Gasteiger partial charge in [-0.15, -0.1) is 12.4 Å². The fraction of sp³-hybridized carbons (Fsp3) is 0.611. The quantitative estimate of drug-likeness (QED) is 0.787. The van der Waals surface area contributed by atoms with Gasteiger partial charge in [0.15, 0.2) is 0 Å². The fourth-order valence-corrected chi connectivity index (χ4v) is 5.23. The predicted octanol–water partition coefficient (Wildman–Crippen LogP) is 1.78. The zero-order chi connectivity index (χ0) is 17.9. The lowest BCUT2D eigenvalue weighted by Gasteiger charge is -2.23. The molecule has 0 aromatic heterocycles. The van der Waals surface area contributed by atoms with Gasteiger partial charge in [0, 0.05) is 38.6 Å². The second-order valence-corrected chi connectivity index (χ2v) is 8.81. The Kier molecular flexibility index (Phi) is 7.46. The number of likely N-dealkylation sites (tertiary alicyclic amines) is 1. The van der Waals surface area contributed by atoms with E-state index in [1.165, 1.54) is 0 Å². The molecule has 2 heterocycles. The normalized spacial score (nSPS) is 21.0. The number of carbonyl (C=O) groups excluding carboxylic acids is 1. The topological polar surface area (TPSA) is 83.7 Å². The van der Waals surface area contributed by atoms with Gasteiger partial charge in [0.2, 0.25) is 15.9 Å². The Balaban J connectivity index is 0.00000243. The van der Waals surface area contributed by atoms with Crippen molar-refractivity contribution in [3.05, 3.63) is 29.8 Å². The molecule has 0 bridgehead atoms. The summed E-state index contributed by atoms with van der Waals surface area (Å²) in [5.41, 5.74) is 6.71. The summed E-state index contributed by atoms with van der Waals surface area (Å²) < 4.78 is 26.6. The first-order valence-corrected chi connectivity index (χ1v) is 10.5. The van der Waals surface area contributed by atoms with Crippen LogP contribution in [0.15, 0.2) is 29.2 Å². The first kappa shape index (κ1) is 21.2. The predicted molar refractivity (Wildman–Crippen MR) is 104 cm³/mol. The first-order chi connectivity index (χ1) is 12.0. The van der Waals surface area contributed by atoms with Crippen molar-refractivity contribution in [3.8, 4) is 0 Å². The zero-order valence-electron chi connectivity index (χ0n) is 15.0. The van der Waals surface area contributed by atoms with Crippen LogP contribution >= 0.6 is 12.4 Å². The highest BCUT2D eigenvalue weighted by atomic mass is 35.5. The minimum atomic E-state index is -3.37. The summed E-state index contributed by atoms with van der Waals surface area (Å²) in [6.45, 7) is 2.54. The standard InChI is InChI=1S/C18H27N3O3S.ClH/c19-14-16-4-3-13-21(16)18(22)10-7-15-5-8-17(9-6-15)25(23,24)20-11-1-2-12-20;/h5-6,8-9,16H,1-4,7,10-14,19H2;1H. The van der Waals surface area contributed by atoms with E-state index < -0.39 is 10.0 Å². The number of sulfonamides is 1. The number of amides is 1. The highest BCUT2D eigenvalue weighted by Gasteiger charge is 2.28. The molecule has 2 N–H and O–H groups in total. The molecule has 1 aromatic carbocycles. The molecule has 0 saturated carbocycles. The molecule has 2 aliphatic heterocycles. The van der Waals surface area contributed by atoms with Crippen molar-refractivity contribution < 1.29 is 13.2 Å². The Hall–Kier alpha value is -1.15. The lowest BCUT2D eigenvalue weighted by Crippen LogP contribution is -2.39. The number of nitrogens with two attached hydrogens (primary N) is 1. The van der Waals surface area contributed by atoms with E-state index in [1.54, 1.807) is 16.4 Å². The molecule has 0 aliphatic carbocycles. The van der Waals surface area contributed by atoms with E-state index in [1.807, 2.05) is 17.0 Å². The van der Waals surface area contributed by atoms with Crippen LogP contribution in [0.25, 0.3) is 0 Å². The van der Waals surface area contributed by atoms with Crippen molar-refractivity contribution in [3.63, 3.8) is 0 Å². The number of halogens is 1. The number of hydrogen-bond donors (Lipinski definition) is 1. The van der Waals surface area contributed by atoms with Crippen LogP contribution in [0.4, 0.5) is 0 Å². The van der Waals surface area contributed by atoms with Crippen LogP contribution in [-0.2, 0) is 21.2 Å². The third-order valence-electron chi connectivity index (χ3n) is 5.22. The van der Waals surface area contributed by atoms with Gasteiger partial charge < -0.3 is 10.6 Å². The molecule has 1 unspecified atom stereocenters. The first-order valence-electron chi connectivity index (χ1n) is 9.11. The molecule has 1 amide bonds. The summed E-state index contributed by atoms with van der Waals surface area (Å²) in [7, 11) is -3.37. The van der Waals surface area contributed by atoms with Crippen molar-refractivity contribution in [2.75, 3.05) is 26.2 Å². The minimum absolute atomic E-state index is 0. The van der Waals surface area contributed by atoms with Crippen molar-refractivity contribution in [1.29, 1.82) is 0 Å². The van der Waals surface area contributed by atoms with Crippen LogP contribution in [0.3, 0.4) is 0 Å². The van der Waals surface area contributed by atoms with Crippen LogP contribution in [0, 0.1) is 0 Å². The summed E-state index contributed by atoms with van der Waals surface area (Å²) in [6, 6.07) is 7.14. The molecule has 26 heavy (non-hydrogen) atoms. The average Bonchev–Trinajstić information content (AvgIpc) is 3.31. The van der Waals surface area contributed by atoms with Crippen LogP contribution in [0.1, 0.15) is 37.7 Å². The number of aryl methyl sites for hydroxylation is 1. The molecular weight excluding hydrogens is 374 g/mol. The Bertz CT molecular complexity index is 703. The van der Waals surface area contributed by atoms with Gasteiger partial charge in [-0.2, -0.15) is 4.31 Å². The monoisotopic (exact) mass is 401 g/mol. The van der Waals surface area contributed by atoms with Gasteiger partial charge in [0.1, 0.15) is 0 Å². The molecule has 3 rings (SSSR count). The molecule has 6 nitrogen and oxygen atoms in total. The molecule has 8 heteroatoms.